The molecule has 0 aliphatic rings. The van der Waals surface area contributed by atoms with Crippen molar-refractivity contribution in [2.24, 2.45) is 0 Å². The predicted molar refractivity (Wildman–Crippen MR) is 120 cm³/mol. The summed E-state index contributed by atoms with van der Waals surface area (Å²) in [4.78, 5) is -0.680. The van der Waals surface area contributed by atoms with Crippen molar-refractivity contribution in [2.45, 2.75) is 14.7 Å². The number of aromatic hydroxyl groups is 3. The zero-order chi connectivity index (χ0) is 25.4. The minimum atomic E-state index is -4.13. The summed E-state index contributed by atoms with van der Waals surface area (Å²) in [6, 6.07) is 13.8. The molecule has 183 valence electrons. The molecule has 3 rings (SSSR count). The molecule has 0 spiro atoms. The van der Waals surface area contributed by atoms with Gasteiger partial charge in [0.15, 0.2) is 0 Å². The maximum Gasteiger partial charge on any atom is 0.294 e. The first-order valence-electron chi connectivity index (χ1n) is 8.30. The third-order valence-corrected chi connectivity index (χ3v) is 6.01. The summed E-state index contributed by atoms with van der Waals surface area (Å²) in [6.07, 6.45) is 0. The Kier molecular flexibility index (Phi) is 11.7. The van der Waals surface area contributed by atoms with Gasteiger partial charge >= 0.3 is 0 Å². The molecule has 0 heterocycles. The topological polar surface area (TPSA) is 224 Å². The molecular formula is C18H18AlO12S3. The minimum absolute atomic E-state index is 0. The number of hydrogen-bond acceptors (Lipinski definition) is 9. The molecule has 0 saturated heterocycles. The van der Waals surface area contributed by atoms with E-state index >= 15 is 0 Å². The van der Waals surface area contributed by atoms with Gasteiger partial charge in [0.2, 0.25) is 0 Å². The van der Waals surface area contributed by atoms with Crippen molar-refractivity contribution in [1.29, 1.82) is 0 Å². The van der Waals surface area contributed by atoms with Crippen molar-refractivity contribution < 1.29 is 54.2 Å². The van der Waals surface area contributed by atoms with Crippen LogP contribution in [-0.2, 0) is 30.4 Å². The first-order valence-corrected chi connectivity index (χ1v) is 12.6. The fourth-order valence-electron chi connectivity index (χ4n) is 1.85. The fourth-order valence-corrected chi connectivity index (χ4v) is 3.29. The van der Waals surface area contributed by atoms with Crippen LogP contribution in [0, 0.1) is 0 Å². The van der Waals surface area contributed by atoms with E-state index in [0.717, 1.165) is 36.4 Å². The third-order valence-electron chi connectivity index (χ3n) is 3.40. The molecule has 0 aliphatic heterocycles. The van der Waals surface area contributed by atoms with E-state index in [2.05, 4.69) is 0 Å². The molecule has 0 bridgehead atoms. The molecule has 3 aromatic rings. The molecule has 0 unspecified atom stereocenters. The highest BCUT2D eigenvalue weighted by Crippen LogP contribution is 2.15. The highest BCUT2D eigenvalue weighted by Gasteiger charge is 2.08. The smallest absolute Gasteiger partial charge is 0.294 e. The molecular weight excluding hydrogens is 531 g/mol. The van der Waals surface area contributed by atoms with E-state index in [1.54, 1.807) is 0 Å². The molecule has 0 aliphatic carbocycles. The summed E-state index contributed by atoms with van der Waals surface area (Å²) >= 11 is 0. The predicted octanol–water partition coefficient (Wildman–Crippen LogP) is 1.54. The van der Waals surface area contributed by atoms with E-state index in [0.29, 0.717) is 0 Å². The zero-order valence-electron chi connectivity index (χ0n) is 16.9. The summed E-state index contributed by atoms with van der Waals surface area (Å²) in [7, 11) is -12.4. The largest absolute Gasteiger partial charge is 0.508 e. The minimum Gasteiger partial charge on any atom is -0.508 e. The average molecular weight is 550 g/mol. The highest BCUT2D eigenvalue weighted by molar-refractivity contribution is 7.86. The Bertz CT molecular complexity index is 1190. The fraction of sp³-hybridized carbons (Fsp3) is 0. The van der Waals surface area contributed by atoms with Gasteiger partial charge in [0, 0.05) is 17.4 Å². The summed E-state index contributed by atoms with van der Waals surface area (Å²) in [5.74, 6) is -0.132. The molecule has 0 saturated carbocycles. The van der Waals surface area contributed by atoms with Crippen LogP contribution in [0.25, 0.3) is 0 Å². The van der Waals surface area contributed by atoms with Gasteiger partial charge in [-0.3, -0.25) is 13.7 Å². The Morgan fingerprint density at radius 1 is 0.382 bits per heavy atom. The van der Waals surface area contributed by atoms with Gasteiger partial charge in [-0.05, 0) is 72.8 Å². The number of phenols is 3. The molecule has 0 aromatic heterocycles. The molecule has 3 aromatic carbocycles. The lowest BCUT2D eigenvalue weighted by atomic mass is 10.3. The molecule has 6 N–H and O–H groups in total. The maximum atomic E-state index is 10.4. The van der Waals surface area contributed by atoms with Gasteiger partial charge in [0.05, 0.1) is 14.7 Å². The summed E-state index contributed by atoms with van der Waals surface area (Å²) in [5.41, 5.74) is 0. The first-order chi connectivity index (χ1) is 15.0. The monoisotopic (exact) mass is 549 g/mol. The number of benzene rings is 3. The van der Waals surface area contributed by atoms with E-state index in [1.165, 1.54) is 36.4 Å². The van der Waals surface area contributed by atoms with Gasteiger partial charge in [-0.2, -0.15) is 25.3 Å². The van der Waals surface area contributed by atoms with Crippen molar-refractivity contribution in [1.82, 2.24) is 0 Å². The molecule has 34 heavy (non-hydrogen) atoms. The Labute approximate surface area is 206 Å². The maximum absolute atomic E-state index is 10.4. The lowest BCUT2D eigenvalue weighted by Gasteiger charge is -1.94. The Morgan fingerprint density at radius 2 is 0.529 bits per heavy atom. The number of phenolic OH excluding ortho intramolecular Hbond substituents is 3. The summed E-state index contributed by atoms with van der Waals surface area (Å²) in [5, 5.41) is 26.2. The van der Waals surface area contributed by atoms with Crippen LogP contribution in [0.1, 0.15) is 0 Å². The van der Waals surface area contributed by atoms with Crippen molar-refractivity contribution in [3.63, 3.8) is 0 Å². The summed E-state index contributed by atoms with van der Waals surface area (Å²) < 4.78 is 87.9. The molecule has 0 amide bonds. The van der Waals surface area contributed by atoms with Gasteiger partial charge in [0.1, 0.15) is 17.2 Å². The summed E-state index contributed by atoms with van der Waals surface area (Å²) in [6.45, 7) is 0. The van der Waals surface area contributed by atoms with Gasteiger partial charge < -0.3 is 15.3 Å². The highest BCUT2D eigenvalue weighted by atomic mass is 32.2. The standard InChI is InChI=1S/3C6H6O4S.Al/c3*7-5-1-3-6(4-2-5)11(8,9)10;/h3*1-4,7H,(H,8,9,10);. The second-order valence-electron chi connectivity index (χ2n) is 5.91. The Morgan fingerprint density at radius 3 is 0.647 bits per heavy atom. The second-order valence-corrected chi connectivity index (χ2v) is 10.2. The Hall–Kier alpha value is -2.68. The van der Waals surface area contributed by atoms with Crippen molar-refractivity contribution in [3.05, 3.63) is 72.8 Å². The van der Waals surface area contributed by atoms with Crippen molar-refractivity contribution in [2.75, 3.05) is 0 Å². The molecule has 3 radical (unpaired) electrons. The molecule has 12 nitrogen and oxygen atoms in total. The average Bonchev–Trinajstić information content (AvgIpc) is 2.68. The SMILES string of the molecule is O=S(=O)(O)c1ccc(O)cc1.O=S(=O)(O)c1ccc(O)cc1.O=S(=O)(O)c1ccc(O)cc1.[Al]. The first kappa shape index (κ1) is 31.3. The zero-order valence-corrected chi connectivity index (χ0v) is 20.5. The van der Waals surface area contributed by atoms with Crippen LogP contribution < -0.4 is 0 Å². The van der Waals surface area contributed by atoms with Gasteiger partial charge in [-0.15, -0.1) is 0 Å². The van der Waals surface area contributed by atoms with E-state index in [9.17, 15) is 25.3 Å². The normalized spacial score (nSPS) is 11.0. The number of hydrogen-bond donors (Lipinski definition) is 6. The second kappa shape index (κ2) is 12.7. The van der Waals surface area contributed by atoms with E-state index in [-0.39, 0.29) is 49.3 Å². The van der Waals surface area contributed by atoms with E-state index in [4.69, 9.17) is 29.0 Å². The third kappa shape index (κ3) is 11.5. The van der Waals surface area contributed by atoms with Gasteiger partial charge in [0.25, 0.3) is 30.4 Å². The van der Waals surface area contributed by atoms with Crippen LogP contribution in [-0.4, -0.2) is 71.6 Å². The lowest BCUT2D eigenvalue weighted by Crippen LogP contribution is -1.96. The van der Waals surface area contributed by atoms with Crippen LogP contribution in [0.3, 0.4) is 0 Å². The van der Waals surface area contributed by atoms with E-state index < -0.39 is 30.4 Å². The van der Waals surface area contributed by atoms with Crippen LogP contribution in [0.5, 0.6) is 17.2 Å². The van der Waals surface area contributed by atoms with E-state index in [1.807, 2.05) is 0 Å². The molecule has 16 heteroatoms. The van der Waals surface area contributed by atoms with Crippen LogP contribution in [0.2, 0.25) is 0 Å². The quantitative estimate of drug-likeness (QED) is 0.202. The van der Waals surface area contributed by atoms with Crippen molar-refractivity contribution in [3.8, 4) is 17.2 Å². The lowest BCUT2D eigenvalue weighted by molar-refractivity contribution is 0.471. The van der Waals surface area contributed by atoms with Crippen LogP contribution >= 0.6 is 0 Å². The molecule has 0 fully saturated rings. The van der Waals surface area contributed by atoms with Crippen molar-refractivity contribution >= 4 is 47.7 Å². The Balaban J connectivity index is 0.000000473. The van der Waals surface area contributed by atoms with Crippen LogP contribution in [0.15, 0.2) is 87.5 Å². The molecule has 0 atom stereocenters. The number of rotatable bonds is 3. The van der Waals surface area contributed by atoms with Crippen LogP contribution in [0.4, 0.5) is 0 Å². The van der Waals surface area contributed by atoms with Gasteiger partial charge in [-0.1, -0.05) is 0 Å². The van der Waals surface area contributed by atoms with Gasteiger partial charge in [-0.25, -0.2) is 0 Å².